The summed E-state index contributed by atoms with van der Waals surface area (Å²) < 4.78 is 0.837. The Balaban J connectivity index is 1.96. The summed E-state index contributed by atoms with van der Waals surface area (Å²) in [6.45, 7) is 10.5. The van der Waals surface area contributed by atoms with Crippen molar-refractivity contribution in [2.75, 3.05) is 11.9 Å². The average molecular weight is 342 g/mol. The summed E-state index contributed by atoms with van der Waals surface area (Å²) in [5.74, 6) is -0.449. The molecule has 2 heterocycles. The predicted molar refractivity (Wildman–Crippen MR) is 89.1 cm³/mol. The molecule has 1 aliphatic heterocycles. The van der Waals surface area contributed by atoms with E-state index in [9.17, 15) is 9.59 Å². The standard InChI is InChI=1S/C14H22N4O2S2/c1-8(2)21-13-17-16-12(22-13)15-11(20)9-6-10(19)18(7-9)14(3,4)5/h8-9H,6-7H2,1-5H3,(H,15,16,20). The first kappa shape index (κ1) is 17.2. The quantitative estimate of drug-likeness (QED) is 0.672. The van der Waals surface area contributed by atoms with Gasteiger partial charge in [-0.05, 0) is 20.8 Å². The molecule has 0 bridgehead atoms. The molecule has 1 N–H and O–H groups in total. The number of thioether (sulfide) groups is 1. The van der Waals surface area contributed by atoms with Crippen molar-refractivity contribution in [3.05, 3.63) is 0 Å². The Bertz CT molecular complexity index is 565. The molecule has 0 saturated carbocycles. The highest BCUT2D eigenvalue weighted by Crippen LogP contribution is 2.30. The van der Waals surface area contributed by atoms with Crippen molar-refractivity contribution < 1.29 is 9.59 Å². The van der Waals surface area contributed by atoms with Crippen molar-refractivity contribution in [1.29, 1.82) is 0 Å². The van der Waals surface area contributed by atoms with Crippen LogP contribution in [0.4, 0.5) is 5.13 Å². The number of nitrogens with zero attached hydrogens (tertiary/aromatic N) is 3. The van der Waals surface area contributed by atoms with Crippen molar-refractivity contribution in [3.63, 3.8) is 0 Å². The number of hydrogen-bond acceptors (Lipinski definition) is 6. The van der Waals surface area contributed by atoms with E-state index in [1.165, 1.54) is 11.3 Å². The summed E-state index contributed by atoms with van der Waals surface area (Å²) in [6, 6.07) is 0. The number of carbonyl (C=O) groups excluding carboxylic acids is 2. The summed E-state index contributed by atoms with van der Waals surface area (Å²) in [7, 11) is 0. The minimum atomic E-state index is -0.322. The second-order valence-corrected chi connectivity index (χ2v) is 9.41. The summed E-state index contributed by atoms with van der Waals surface area (Å²) in [4.78, 5) is 26.1. The first-order chi connectivity index (χ1) is 10.2. The van der Waals surface area contributed by atoms with Gasteiger partial charge in [0, 0.05) is 23.8 Å². The Hall–Kier alpha value is -1.15. The van der Waals surface area contributed by atoms with Crippen LogP contribution in [0, 0.1) is 5.92 Å². The number of hydrogen-bond donors (Lipinski definition) is 1. The monoisotopic (exact) mass is 342 g/mol. The van der Waals surface area contributed by atoms with Crippen LogP contribution in [0.2, 0.25) is 0 Å². The van der Waals surface area contributed by atoms with Gasteiger partial charge in [-0.15, -0.1) is 10.2 Å². The molecule has 1 aliphatic rings. The number of carbonyl (C=O) groups is 2. The van der Waals surface area contributed by atoms with E-state index >= 15 is 0 Å². The van der Waals surface area contributed by atoms with Gasteiger partial charge >= 0.3 is 0 Å². The molecular formula is C14H22N4O2S2. The Kier molecular flexibility index (Phi) is 5.11. The second kappa shape index (κ2) is 6.54. The van der Waals surface area contributed by atoms with Crippen LogP contribution in [0.15, 0.2) is 4.34 Å². The van der Waals surface area contributed by atoms with Crippen LogP contribution in [0.25, 0.3) is 0 Å². The molecule has 0 spiro atoms. The van der Waals surface area contributed by atoms with Gasteiger partial charge in [0.2, 0.25) is 16.9 Å². The molecule has 122 valence electrons. The summed E-state index contributed by atoms with van der Waals surface area (Å²) in [5, 5.41) is 11.7. The molecule has 0 radical (unpaired) electrons. The molecule has 1 aromatic rings. The van der Waals surface area contributed by atoms with Crippen molar-refractivity contribution >= 4 is 40.0 Å². The molecular weight excluding hydrogens is 320 g/mol. The number of amides is 2. The highest BCUT2D eigenvalue weighted by Gasteiger charge is 2.39. The van der Waals surface area contributed by atoms with E-state index in [2.05, 4.69) is 29.4 Å². The molecule has 1 fully saturated rings. The fourth-order valence-electron chi connectivity index (χ4n) is 2.25. The third-order valence-corrected chi connectivity index (χ3v) is 5.21. The minimum Gasteiger partial charge on any atom is -0.337 e. The number of aromatic nitrogens is 2. The third kappa shape index (κ3) is 4.19. The molecule has 1 atom stereocenters. The highest BCUT2D eigenvalue weighted by molar-refractivity contribution is 8.01. The van der Waals surface area contributed by atoms with Crippen LogP contribution in [0.5, 0.6) is 0 Å². The zero-order valence-electron chi connectivity index (χ0n) is 13.5. The van der Waals surface area contributed by atoms with Gasteiger partial charge in [-0.2, -0.15) is 0 Å². The fraction of sp³-hybridized carbons (Fsp3) is 0.714. The van der Waals surface area contributed by atoms with E-state index in [0.29, 0.717) is 16.9 Å². The molecule has 8 heteroatoms. The molecule has 22 heavy (non-hydrogen) atoms. The lowest BCUT2D eigenvalue weighted by Crippen LogP contribution is -2.42. The summed E-state index contributed by atoms with van der Waals surface area (Å²) in [6.07, 6.45) is 0.259. The number of nitrogens with one attached hydrogen (secondary N) is 1. The maximum absolute atomic E-state index is 12.3. The Labute approximate surface area is 139 Å². The number of anilines is 1. The molecule has 0 aromatic carbocycles. The zero-order chi connectivity index (χ0) is 16.5. The van der Waals surface area contributed by atoms with Crippen LogP contribution in [0.1, 0.15) is 41.0 Å². The first-order valence-electron chi connectivity index (χ1n) is 7.28. The van der Waals surface area contributed by atoms with Gasteiger partial charge < -0.3 is 10.2 Å². The van der Waals surface area contributed by atoms with Crippen LogP contribution in [-0.2, 0) is 9.59 Å². The smallest absolute Gasteiger partial charge is 0.231 e. The maximum atomic E-state index is 12.3. The van der Waals surface area contributed by atoms with Gasteiger partial charge in [0.1, 0.15) is 0 Å². The molecule has 1 saturated heterocycles. The molecule has 0 aliphatic carbocycles. The zero-order valence-corrected chi connectivity index (χ0v) is 15.2. The molecule has 2 amide bonds. The van der Waals surface area contributed by atoms with E-state index in [1.54, 1.807) is 16.7 Å². The van der Waals surface area contributed by atoms with Crippen LogP contribution < -0.4 is 5.32 Å². The lowest BCUT2D eigenvalue weighted by Gasteiger charge is -2.31. The van der Waals surface area contributed by atoms with Crippen molar-refractivity contribution in [3.8, 4) is 0 Å². The van der Waals surface area contributed by atoms with Crippen molar-refractivity contribution in [2.24, 2.45) is 5.92 Å². The third-order valence-electron chi connectivity index (χ3n) is 3.28. The Morgan fingerprint density at radius 2 is 2.09 bits per heavy atom. The van der Waals surface area contributed by atoms with Gasteiger partial charge in [-0.1, -0.05) is 36.9 Å². The first-order valence-corrected chi connectivity index (χ1v) is 8.98. The molecule has 2 rings (SSSR count). The van der Waals surface area contributed by atoms with Crippen molar-refractivity contribution in [1.82, 2.24) is 15.1 Å². The van der Waals surface area contributed by atoms with E-state index in [1.807, 2.05) is 20.8 Å². The molecule has 6 nitrogen and oxygen atoms in total. The minimum absolute atomic E-state index is 0.0287. The van der Waals surface area contributed by atoms with E-state index in [0.717, 1.165) is 4.34 Å². The topological polar surface area (TPSA) is 75.2 Å². The lowest BCUT2D eigenvalue weighted by molar-refractivity contribution is -0.131. The van der Waals surface area contributed by atoms with Gasteiger partial charge in [-0.25, -0.2) is 0 Å². The Morgan fingerprint density at radius 3 is 2.64 bits per heavy atom. The summed E-state index contributed by atoms with van der Waals surface area (Å²) >= 11 is 2.98. The van der Waals surface area contributed by atoms with Gasteiger partial charge in [0.05, 0.1) is 5.92 Å². The maximum Gasteiger partial charge on any atom is 0.231 e. The van der Waals surface area contributed by atoms with Crippen molar-refractivity contribution in [2.45, 2.75) is 56.2 Å². The normalized spacial score (nSPS) is 19.1. The number of likely N-dealkylation sites (tertiary alicyclic amines) is 1. The van der Waals surface area contributed by atoms with Crippen LogP contribution in [-0.4, -0.2) is 44.2 Å². The fourth-order valence-corrected chi connectivity index (χ4v) is 4.23. The number of rotatable bonds is 4. The van der Waals surface area contributed by atoms with Crippen LogP contribution in [0.3, 0.4) is 0 Å². The van der Waals surface area contributed by atoms with Gasteiger partial charge in [-0.3, -0.25) is 9.59 Å². The van der Waals surface area contributed by atoms with Crippen LogP contribution >= 0.6 is 23.1 Å². The predicted octanol–water partition coefficient (Wildman–Crippen LogP) is 2.62. The Morgan fingerprint density at radius 1 is 1.41 bits per heavy atom. The van der Waals surface area contributed by atoms with Gasteiger partial charge in [0.15, 0.2) is 4.34 Å². The SMILES string of the molecule is CC(C)Sc1nnc(NC(=O)C2CC(=O)N(C(C)(C)C)C2)s1. The van der Waals surface area contributed by atoms with E-state index in [-0.39, 0.29) is 29.7 Å². The summed E-state index contributed by atoms with van der Waals surface area (Å²) in [5.41, 5.74) is -0.254. The largest absolute Gasteiger partial charge is 0.337 e. The van der Waals surface area contributed by atoms with E-state index in [4.69, 9.17) is 0 Å². The average Bonchev–Trinajstić information content (AvgIpc) is 2.94. The highest BCUT2D eigenvalue weighted by atomic mass is 32.2. The molecule has 1 aromatic heterocycles. The second-order valence-electron chi connectivity index (χ2n) is 6.61. The lowest BCUT2D eigenvalue weighted by atomic mass is 10.1. The molecule has 1 unspecified atom stereocenters. The van der Waals surface area contributed by atoms with E-state index < -0.39 is 0 Å². The van der Waals surface area contributed by atoms with Gasteiger partial charge in [0.25, 0.3) is 0 Å².